The predicted molar refractivity (Wildman–Crippen MR) is 90.6 cm³/mol. The molecule has 0 radical (unpaired) electrons. The van der Waals surface area contributed by atoms with Crippen molar-refractivity contribution >= 4 is 32.5 Å². The minimum atomic E-state index is -0.367. The van der Waals surface area contributed by atoms with Gasteiger partial charge in [-0.1, -0.05) is 30.3 Å². The normalized spacial score (nSPS) is 11.2. The van der Waals surface area contributed by atoms with Gasteiger partial charge in [-0.2, -0.15) is 0 Å². The molecular weight excluding hydrogens is 292 g/mol. The highest BCUT2D eigenvalue weighted by molar-refractivity contribution is 6.20. The van der Waals surface area contributed by atoms with Gasteiger partial charge in [0.25, 0.3) is 0 Å². The molecule has 1 heterocycles. The summed E-state index contributed by atoms with van der Waals surface area (Å²) in [6.07, 6.45) is 0. The lowest BCUT2D eigenvalue weighted by atomic mass is 9.99. The van der Waals surface area contributed by atoms with Gasteiger partial charge in [-0.15, -0.1) is 0 Å². The number of fused-ring (bicyclic) bond motifs is 5. The van der Waals surface area contributed by atoms with E-state index in [0.29, 0.717) is 22.5 Å². The van der Waals surface area contributed by atoms with Crippen LogP contribution in [-0.4, -0.2) is 14.2 Å². The molecule has 0 spiro atoms. The van der Waals surface area contributed by atoms with Gasteiger partial charge in [-0.25, -0.2) is 4.79 Å². The molecule has 4 aromatic rings. The SMILES string of the molecule is COc1cc(OC)c2c(c1)oc(=O)c1ccc3ccccc3c12. The summed E-state index contributed by atoms with van der Waals surface area (Å²) in [7, 11) is 3.16. The van der Waals surface area contributed by atoms with Crippen LogP contribution in [0.4, 0.5) is 0 Å². The van der Waals surface area contributed by atoms with E-state index in [2.05, 4.69) is 0 Å². The highest BCUT2D eigenvalue weighted by atomic mass is 16.5. The zero-order chi connectivity index (χ0) is 16.0. The molecule has 0 N–H and O–H groups in total. The second-order valence-corrected chi connectivity index (χ2v) is 5.30. The lowest BCUT2D eigenvalue weighted by Gasteiger charge is -2.11. The second kappa shape index (κ2) is 5.02. The van der Waals surface area contributed by atoms with Gasteiger partial charge in [-0.3, -0.25) is 0 Å². The van der Waals surface area contributed by atoms with Gasteiger partial charge in [0.1, 0.15) is 17.1 Å². The number of hydrogen-bond donors (Lipinski definition) is 0. The summed E-state index contributed by atoms with van der Waals surface area (Å²) in [4.78, 5) is 12.4. The zero-order valence-electron chi connectivity index (χ0n) is 12.8. The van der Waals surface area contributed by atoms with Crippen molar-refractivity contribution < 1.29 is 13.9 Å². The summed E-state index contributed by atoms with van der Waals surface area (Å²) in [6.45, 7) is 0. The maximum atomic E-state index is 12.4. The molecule has 4 heteroatoms. The molecule has 0 amide bonds. The third kappa shape index (κ3) is 1.95. The Kier molecular flexibility index (Phi) is 2.98. The van der Waals surface area contributed by atoms with E-state index in [1.165, 1.54) is 0 Å². The molecule has 0 saturated heterocycles. The van der Waals surface area contributed by atoms with E-state index in [1.807, 2.05) is 30.3 Å². The lowest BCUT2D eigenvalue weighted by molar-refractivity contribution is 0.396. The van der Waals surface area contributed by atoms with E-state index < -0.39 is 0 Å². The molecule has 0 aliphatic carbocycles. The van der Waals surface area contributed by atoms with Crippen molar-refractivity contribution in [2.75, 3.05) is 14.2 Å². The maximum absolute atomic E-state index is 12.4. The average Bonchev–Trinajstić information content (AvgIpc) is 2.60. The zero-order valence-corrected chi connectivity index (χ0v) is 12.8. The number of hydrogen-bond acceptors (Lipinski definition) is 4. The van der Waals surface area contributed by atoms with E-state index in [1.54, 1.807) is 32.4 Å². The Bertz CT molecular complexity index is 1110. The third-order valence-electron chi connectivity index (χ3n) is 4.10. The van der Waals surface area contributed by atoms with Crippen molar-refractivity contribution in [2.24, 2.45) is 0 Å². The van der Waals surface area contributed by atoms with Gasteiger partial charge in [0.15, 0.2) is 0 Å². The van der Waals surface area contributed by atoms with E-state index in [4.69, 9.17) is 13.9 Å². The Morgan fingerprint density at radius 1 is 0.870 bits per heavy atom. The molecule has 1 aromatic heterocycles. The lowest BCUT2D eigenvalue weighted by Crippen LogP contribution is -2.01. The standard InChI is InChI=1S/C19H14O4/c1-21-12-9-15(22-2)18-16(10-12)23-19(20)14-8-7-11-5-3-4-6-13(11)17(14)18/h3-10H,1-2H3. The Hall–Kier alpha value is -3.01. The summed E-state index contributed by atoms with van der Waals surface area (Å²) >= 11 is 0. The van der Waals surface area contributed by atoms with Gasteiger partial charge in [0, 0.05) is 17.5 Å². The van der Waals surface area contributed by atoms with Gasteiger partial charge in [-0.05, 0) is 16.8 Å². The topological polar surface area (TPSA) is 48.7 Å². The molecule has 0 atom stereocenters. The number of methoxy groups -OCH3 is 2. The average molecular weight is 306 g/mol. The molecule has 114 valence electrons. The molecule has 4 nitrogen and oxygen atoms in total. The minimum Gasteiger partial charge on any atom is -0.496 e. The summed E-state index contributed by atoms with van der Waals surface area (Å²) in [6, 6.07) is 15.2. The van der Waals surface area contributed by atoms with Crippen LogP contribution in [0.25, 0.3) is 32.5 Å². The molecule has 4 rings (SSSR count). The summed E-state index contributed by atoms with van der Waals surface area (Å²) in [5.41, 5.74) is 0.0867. The first kappa shape index (κ1) is 13.6. The van der Waals surface area contributed by atoms with Gasteiger partial charge >= 0.3 is 5.63 Å². The van der Waals surface area contributed by atoms with E-state index in [9.17, 15) is 4.79 Å². The highest BCUT2D eigenvalue weighted by Gasteiger charge is 2.16. The highest BCUT2D eigenvalue weighted by Crippen LogP contribution is 2.38. The molecular formula is C19H14O4. The molecule has 0 aliphatic heterocycles. The molecule has 0 unspecified atom stereocenters. The summed E-state index contributed by atoms with van der Waals surface area (Å²) < 4.78 is 16.3. The largest absolute Gasteiger partial charge is 0.496 e. The monoisotopic (exact) mass is 306 g/mol. The number of ether oxygens (including phenoxy) is 2. The van der Waals surface area contributed by atoms with Crippen molar-refractivity contribution in [1.82, 2.24) is 0 Å². The number of rotatable bonds is 2. The Labute approximate surface area is 131 Å². The van der Waals surface area contributed by atoms with Crippen LogP contribution < -0.4 is 15.1 Å². The summed E-state index contributed by atoms with van der Waals surface area (Å²) in [5, 5.41) is 4.21. The van der Waals surface area contributed by atoms with Crippen molar-refractivity contribution in [1.29, 1.82) is 0 Å². The molecule has 3 aromatic carbocycles. The van der Waals surface area contributed by atoms with E-state index in [0.717, 1.165) is 21.5 Å². The van der Waals surface area contributed by atoms with Crippen LogP contribution in [0.2, 0.25) is 0 Å². The quantitative estimate of drug-likeness (QED) is 0.413. The van der Waals surface area contributed by atoms with Gasteiger partial charge < -0.3 is 13.9 Å². The Morgan fingerprint density at radius 3 is 2.48 bits per heavy atom. The first-order chi connectivity index (χ1) is 11.2. The van der Waals surface area contributed by atoms with Crippen LogP contribution in [0.3, 0.4) is 0 Å². The fourth-order valence-corrected chi connectivity index (χ4v) is 3.04. The van der Waals surface area contributed by atoms with Crippen LogP contribution in [0.5, 0.6) is 11.5 Å². The predicted octanol–water partition coefficient (Wildman–Crippen LogP) is 4.12. The summed E-state index contributed by atoms with van der Waals surface area (Å²) in [5.74, 6) is 1.20. The smallest absolute Gasteiger partial charge is 0.344 e. The third-order valence-corrected chi connectivity index (χ3v) is 4.10. The van der Waals surface area contributed by atoms with Crippen LogP contribution >= 0.6 is 0 Å². The second-order valence-electron chi connectivity index (χ2n) is 5.30. The van der Waals surface area contributed by atoms with E-state index in [-0.39, 0.29) is 5.63 Å². The van der Waals surface area contributed by atoms with Crippen molar-refractivity contribution in [3.05, 3.63) is 59.0 Å². The van der Waals surface area contributed by atoms with Crippen molar-refractivity contribution in [3.63, 3.8) is 0 Å². The van der Waals surface area contributed by atoms with Gasteiger partial charge in [0.05, 0.1) is 25.0 Å². The van der Waals surface area contributed by atoms with Crippen LogP contribution in [0.15, 0.2) is 57.7 Å². The molecule has 0 bridgehead atoms. The fourth-order valence-electron chi connectivity index (χ4n) is 3.04. The van der Waals surface area contributed by atoms with Crippen LogP contribution in [0.1, 0.15) is 0 Å². The maximum Gasteiger partial charge on any atom is 0.344 e. The number of benzene rings is 3. The Balaban J connectivity index is 2.35. The van der Waals surface area contributed by atoms with Crippen LogP contribution in [-0.2, 0) is 0 Å². The molecule has 0 saturated carbocycles. The Morgan fingerprint density at radius 2 is 1.70 bits per heavy atom. The van der Waals surface area contributed by atoms with E-state index >= 15 is 0 Å². The molecule has 23 heavy (non-hydrogen) atoms. The first-order valence-corrected chi connectivity index (χ1v) is 7.23. The van der Waals surface area contributed by atoms with Crippen molar-refractivity contribution in [2.45, 2.75) is 0 Å². The fraction of sp³-hybridized carbons (Fsp3) is 0.105. The van der Waals surface area contributed by atoms with Crippen molar-refractivity contribution in [3.8, 4) is 11.5 Å². The molecule has 0 fully saturated rings. The molecule has 0 aliphatic rings. The van der Waals surface area contributed by atoms with Crippen LogP contribution in [0, 0.1) is 0 Å². The first-order valence-electron chi connectivity index (χ1n) is 7.23. The van der Waals surface area contributed by atoms with Gasteiger partial charge in [0.2, 0.25) is 0 Å². The minimum absolute atomic E-state index is 0.367.